The van der Waals surface area contributed by atoms with E-state index in [0.717, 1.165) is 4.90 Å². The molecule has 3 N–H and O–H groups in total. The number of aliphatic hydroxyl groups is 1. The number of aromatic nitrogens is 4. The number of halogens is 2. The van der Waals surface area contributed by atoms with Crippen molar-refractivity contribution in [3.8, 4) is 0 Å². The average Bonchev–Trinajstić information content (AvgIpc) is 3.08. The fraction of sp³-hybridized carbons (Fsp3) is 0.250. The predicted molar refractivity (Wildman–Crippen MR) is 102 cm³/mol. The van der Waals surface area contributed by atoms with Gasteiger partial charge in [0.1, 0.15) is 17.0 Å². The van der Waals surface area contributed by atoms with E-state index in [0.29, 0.717) is 16.5 Å². The highest BCUT2D eigenvalue weighted by Gasteiger charge is 2.15. The monoisotopic (exact) mass is 427 g/mol. The first-order valence-corrected chi connectivity index (χ1v) is 9.45. The van der Waals surface area contributed by atoms with Crippen LogP contribution >= 0.6 is 35.0 Å². The number of benzene rings is 1. The van der Waals surface area contributed by atoms with E-state index in [4.69, 9.17) is 33.5 Å². The number of nitrogens with two attached hydrogens (primary N) is 1. The first kappa shape index (κ1) is 19.8. The summed E-state index contributed by atoms with van der Waals surface area (Å²) in [6, 6.07) is 7.11. The Balaban J connectivity index is 1.64. The van der Waals surface area contributed by atoms with Crippen LogP contribution in [-0.2, 0) is 19.5 Å². The largest absolute Gasteiger partial charge is 0.382 e. The van der Waals surface area contributed by atoms with Crippen LogP contribution in [0.5, 0.6) is 0 Å². The van der Waals surface area contributed by atoms with Crippen LogP contribution in [-0.4, -0.2) is 30.2 Å². The van der Waals surface area contributed by atoms with Crippen LogP contribution in [0, 0.1) is 0 Å². The summed E-state index contributed by atoms with van der Waals surface area (Å²) in [5.74, 6) is 0.527. The summed E-state index contributed by atoms with van der Waals surface area (Å²) in [5, 5.41) is 14.6. The molecule has 1 atom stereocenters. The molecule has 2 aromatic heterocycles. The Bertz CT molecular complexity index is 977. The van der Waals surface area contributed by atoms with Crippen molar-refractivity contribution < 1.29 is 9.63 Å². The Labute approximate surface area is 168 Å². The lowest BCUT2D eigenvalue weighted by molar-refractivity contribution is 0.258. The highest BCUT2D eigenvalue weighted by atomic mass is 35.5. The predicted octanol–water partition coefficient (Wildman–Crippen LogP) is 2.09. The van der Waals surface area contributed by atoms with Gasteiger partial charge in [-0.15, -0.1) is 0 Å². The highest BCUT2D eigenvalue weighted by Crippen LogP contribution is 2.25. The van der Waals surface area contributed by atoms with Crippen molar-refractivity contribution in [2.24, 2.45) is 5.73 Å². The molecule has 0 bridgehead atoms. The molecule has 0 saturated heterocycles. The van der Waals surface area contributed by atoms with Gasteiger partial charge < -0.3 is 15.4 Å². The van der Waals surface area contributed by atoms with Gasteiger partial charge in [-0.1, -0.05) is 40.1 Å². The maximum absolute atomic E-state index is 12.2. The molecule has 11 heteroatoms. The van der Waals surface area contributed by atoms with Gasteiger partial charge in [0.05, 0.1) is 12.0 Å². The molecular weight excluding hydrogens is 413 g/mol. The molecule has 27 heavy (non-hydrogen) atoms. The van der Waals surface area contributed by atoms with Gasteiger partial charge in [0, 0.05) is 22.9 Å². The van der Waals surface area contributed by atoms with Crippen molar-refractivity contribution in [3.63, 3.8) is 0 Å². The number of hydrogen-bond donors (Lipinski definition) is 2. The van der Waals surface area contributed by atoms with Crippen molar-refractivity contribution in [2.45, 2.75) is 29.8 Å². The van der Waals surface area contributed by atoms with Crippen molar-refractivity contribution in [2.75, 3.05) is 0 Å². The summed E-state index contributed by atoms with van der Waals surface area (Å²) in [4.78, 5) is 21.2. The Morgan fingerprint density at radius 2 is 2.04 bits per heavy atom. The molecule has 0 amide bonds. The molecule has 3 aromatic rings. The Kier molecular flexibility index (Phi) is 6.51. The quantitative estimate of drug-likeness (QED) is 0.434. The molecular formula is C16H15Cl2N5O3S. The second kappa shape index (κ2) is 8.85. The molecule has 1 unspecified atom stereocenters. The van der Waals surface area contributed by atoms with Crippen LogP contribution in [0.4, 0.5) is 0 Å². The van der Waals surface area contributed by atoms with Crippen molar-refractivity contribution >= 4 is 35.0 Å². The Hall–Kier alpha value is -1.91. The van der Waals surface area contributed by atoms with E-state index >= 15 is 0 Å². The first-order valence-electron chi connectivity index (χ1n) is 7.82. The standard InChI is InChI=1S/C16H15Cl2N5O3S/c17-9-1-3-10(4-2-9)27-14(24)5-12-21-13(26-22-12)7-23-8-20-11(6-19)15(18)16(23)25/h1-4,8,14,24H,5-7,19H2. The van der Waals surface area contributed by atoms with E-state index < -0.39 is 11.0 Å². The highest BCUT2D eigenvalue weighted by molar-refractivity contribution is 7.99. The Morgan fingerprint density at radius 3 is 2.74 bits per heavy atom. The lowest BCUT2D eigenvalue weighted by atomic mass is 10.4. The lowest BCUT2D eigenvalue weighted by Crippen LogP contribution is -2.24. The fourth-order valence-corrected chi connectivity index (χ4v) is 3.40. The molecule has 3 rings (SSSR count). The molecule has 0 aliphatic heterocycles. The zero-order valence-electron chi connectivity index (χ0n) is 13.9. The van der Waals surface area contributed by atoms with E-state index in [1.165, 1.54) is 22.7 Å². The van der Waals surface area contributed by atoms with E-state index in [1.54, 1.807) is 12.1 Å². The molecule has 0 radical (unpaired) electrons. The molecule has 8 nitrogen and oxygen atoms in total. The van der Waals surface area contributed by atoms with Gasteiger partial charge in [-0.25, -0.2) is 4.98 Å². The third kappa shape index (κ3) is 5.08. The topological polar surface area (TPSA) is 120 Å². The number of hydrogen-bond acceptors (Lipinski definition) is 8. The molecule has 0 fully saturated rings. The van der Waals surface area contributed by atoms with Crippen LogP contribution < -0.4 is 11.3 Å². The number of aliphatic hydroxyl groups excluding tert-OH is 1. The molecule has 0 saturated carbocycles. The minimum Gasteiger partial charge on any atom is -0.382 e. The van der Waals surface area contributed by atoms with Gasteiger partial charge in [-0.3, -0.25) is 9.36 Å². The second-order valence-corrected chi connectivity index (χ2v) is 7.54. The van der Waals surface area contributed by atoms with Gasteiger partial charge in [0.25, 0.3) is 5.56 Å². The summed E-state index contributed by atoms with van der Waals surface area (Å²) in [6.45, 7) is 0.0899. The van der Waals surface area contributed by atoms with Crippen LogP contribution in [0.2, 0.25) is 10.0 Å². The number of rotatable bonds is 7. The van der Waals surface area contributed by atoms with E-state index in [2.05, 4.69) is 15.1 Å². The third-order valence-corrected chi connectivity index (χ3v) is 5.12. The van der Waals surface area contributed by atoms with Crippen molar-refractivity contribution in [1.29, 1.82) is 0 Å². The second-order valence-electron chi connectivity index (χ2n) is 5.48. The van der Waals surface area contributed by atoms with E-state index in [1.807, 2.05) is 12.1 Å². The van der Waals surface area contributed by atoms with Crippen LogP contribution in [0.1, 0.15) is 17.4 Å². The van der Waals surface area contributed by atoms with Crippen LogP contribution in [0.3, 0.4) is 0 Å². The molecule has 0 spiro atoms. The molecule has 142 valence electrons. The summed E-state index contributed by atoms with van der Waals surface area (Å²) >= 11 is 13.0. The minimum absolute atomic E-state index is 0.0177. The number of thioether (sulfide) groups is 1. The van der Waals surface area contributed by atoms with E-state index in [9.17, 15) is 9.90 Å². The van der Waals surface area contributed by atoms with Gasteiger partial charge in [-0.2, -0.15) is 4.98 Å². The average molecular weight is 428 g/mol. The summed E-state index contributed by atoms with van der Waals surface area (Å²) in [6.07, 6.45) is 1.50. The maximum atomic E-state index is 12.2. The number of nitrogens with zero attached hydrogens (tertiary/aromatic N) is 4. The smallest absolute Gasteiger partial charge is 0.272 e. The Morgan fingerprint density at radius 1 is 1.30 bits per heavy atom. The molecule has 0 aliphatic rings. The summed E-state index contributed by atoms with van der Waals surface area (Å²) in [7, 11) is 0. The SMILES string of the molecule is NCc1ncn(Cc2nc(CC(O)Sc3ccc(Cl)cc3)no2)c(=O)c1Cl. The lowest BCUT2D eigenvalue weighted by Gasteiger charge is -2.07. The van der Waals surface area contributed by atoms with Gasteiger partial charge in [-0.05, 0) is 24.3 Å². The molecule has 0 aliphatic carbocycles. The molecule has 2 heterocycles. The maximum Gasteiger partial charge on any atom is 0.272 e. The van der Waals surface area contributed by atoms with E-state index in [-0.39, 0.29) is 30.4 Å². The van der Waals surface area contributed by atoms with Crippen molar-refractivity contribution in [1.82, 2.24) is 19.7 Å². The third-order valence-electron chi connectivity index (χ3n) is 3.51. The van der Waals surface area contributed by atoms with Gasteiger partial charge in [0.15, 0.2) is 5.82 Å². The normalized spacial score (nSPS) is 12.3. The van der Waals surface area contributed by atoms with Crippen LogP contribution in [0.15, 0.2) is 44.8 Å². The zero-order valence-corrected chi connectivity index (χ0v) is 16.2. The van der Waals surface area contributed by atoms with Crippen LogP contribution in [0.25, 0.3) is 0 Å². The van der Waals surface area contributed by atoms with Crippen molar-refractivity contribution in [3.05, 3.63) is 68.4 Å². The summed E-state index contributed by atoms with van der Waals surface area (Å²) < 4.78 is 6.38. The fourth-order valence-electron chi connectivity index (χ4n) is 2.20. The zero-order chi connectivity index (χ0) is 19.4. The van der Waals surface area contributed by atoms with Gasteiger partial charge in [0.2, 0.25) is 5.89 Å². The summed E-state index contributed by atoms with van der Waals surface area (Å²) in [5.41, 5.74) is 4.59. The minimum atomic E-state index is -0.765. The first-order chi connectivity index (χ1) is 13.0. The van der Waals surface area contributed by atoms with Gasteiger partial charge >= 0.3 is 0 Å². The molecule has 1 aromatic carbocycles.